The molecular formula is C7H4N2O2. The minimum Gasteiger partial charge on any atom is -0.258 e. The minimum absolute atomic E-state index is 0.0431. The smallest absolute Gasteiger partial charge is 0.258 e. The van der Waals surface area contributed by atoms with E-state index in [0.717, 1.165) is 0 Å². The second kappa shape index (κ2) is 2.80. The van der Waals surface area contributed by atoms with Gasteiger partial charge in [-0.05, 0) is 0 Å². The van der Waals surface area contributed by atoms with Gasteiger partial charge in [0.2, 0.25) is 0 Å². The molecule has 0 aliphatic carbocycles. The summed E-state index contributed by atoms with van der Waals surface area (Å²) in [4.78, 5) is 12.7. The van der Waals surface area contributed by atoms with Crippen LogP contribution in [0.4, 0.5) is 11.4 Å². The van der Waals surface area contributed by atoms with Crippen molar-refractivity contribution in [2.45, 2.75) is 0 Å². The number of nitro groups is 1. The summed E-state index contributed by atoms with van der Waals surface area (Å²) in [6, 6.07) is 5.62. The van der Waals surface area contributed by atoms with Crippen LogP contribution in [0.2, 0.25) is 0 Å². The van der Waals surface area contributed by atoms with Crippen molar-refractivity contribution in [1.82, 2.24) is 0 Å². The summed E-state index contributed by atoms with van der Waals surface area (Å²) in [6.45, 7) is 6.58. The van der Waals surface area contributed by atoms with E-state index in [9.17, 15) is 10.1 Å². The molecule has 4 nitrogen and oxygen atoms in total. The molecule has 0 saturated carbocycles. The van der Waals surface area contributed by atoms with Crippen molar-refractivity contribution >= 4 is 11.4 Å². The SMILES string of the molecule is [C-]#[N+]c1cccc([N+](=O)[O-])c1. The maximum absolute atomic E-state index is 10.2. The number of benzene rings is 1. The predicted molar refractivity (Wildman–Crippen MR) is 39.4 cm³/mol. The quantitative estimate of drug-likeness (QED) is 0.348. The lowest BCUT2D eigenvalue weighted by Crippen LogP contribution is -1.85. The van der Waals surface area contributed by atoms with Crippen LogP contribution in [0.15, 0.2) is 24.3 Å². The van der Waals surface area contributed by atoms with Crippen LogP contribution in [-0.2, 0) is 0 Å². The van der Waals surface area contributed by atoms with E-state index in [1.165, 1.54) is 24.3 Å². The fourth-order valence-electron chi connectivity index (χ4n) is 0.676. The van der Waals surface area contributed by atoms with Gasteiger partial charge in [-0.2, -0.15) is 0 Å². The van der Waals surface area contributed by atoms with Crippen molar-refractivity contribution in [1.29, 1.82) is 0 Å². The van der Waals surface area contributed by atoms with E-state index in [-0.39, 0.29) is 5.69 Å². The second-order valence-electron chi connectivity index (χ2n) is 1.89. The Kier molecular flexibility index (Phi) is 1.83. The molecule has 0 N–H and O–H groups in total. The molecule has 0 radical (unpaired) electrons. The number of nitro benzene ring substituents is 1. The van der Waals surface area contributed by atoms with Gasteiger partial charge in [-0.25, -0.2) is 4.85 Å². The van der Waals surface area contributed by atoms with Crippen LogP contribution in [0.3, 0.4) is 0 Å². The standard InChI is InChI=1S/C7H4N2O2/c1-8-6-3-2-4-7(5-6)9(10)11/h2-5H. The third-order valence-electron chi connectivity index (χ3n) is 1.17. The first-order chi connectivity index (χ1) is 5.24. The summed E-state index contributed by atoms with van der Waals surface area (Å²) < 4.78 is 0. The van der Waals surface area contributed by atoms with Crippen molar-refractivity contribution in [3.05, 3.63) is 45.8 Å². The molecule has 11 heavy (non-hydrogen) atoms. The molecule has 0 fully saturated rings. The molecule has 0 unspecified atom stereocenters. The normalized spacial score (nSPS) is 8.64. The molecule has 1 rings (SSSR count). The Morgan fingerprint density at radius 3 is 2.82 bits per heavy atom. The Labute approximate surface area is 63.1 Å². The van der Waals surface area contributed by atoms with Gasteiger partial charge in [0.05, 0.1) is 11.5 Å². The first-order valence-electron chi connectivity index (χ1n) is 2.86. The van der Waals surface area contributed by atoms with E-state index in [2.05, 4.69) is 4.85 Å². The van der Waals surface area contributed by atoms with E-state index in [0.29, 0.717) is 5.69 Å². The molecule has 0 aliphatic heterocycles. The summed E-state index contributed by atoms with van der Waals surface area (Å²) in [7, 11) is 0. The van der Waals surface area contributed by atoms with E-state index in [1.54, 1.807) is 0 Å². The van der Waals surface area contributed by atoms with Crippen LogP contribution < -0.4 is 0 Å². The average molecular weight is 148 g/mol. The number of hydrogen-bond acceptors (Lipinski definition) is 2. The van der Waals surface area contributed by atoms with Crippen molar-refractivity contribution in [3.8, 4) is 0 Å². The van der Waals surface area contributed by atoms with Crippen molar-refractivity contribution in [2.75, 3.05) is 0 Å². The third-order valence-corrected chi connectivity index (χ3v) is 1.17. The first-order valence-corrected chi connectivity index (χ1v) is 2.86. The summed E-state index contributed by atoms with van der Waals surface area (Å²) in [5.41, 5.74) is 0.248. The summed E-state index contributed by atoms with van der Waals surface area (Å²) in [6.07, 6.45) is 0. The topological polar surface area (TPSA) is 47.5 Å². The number of nitrogens with zero attached hydrogens (tertiary/aromatic N) is 2. The highest BCUT2D eigenvalue weighted by Crippen LogP contribution is 2.18. The van der Waals surface area contributed by atoms with Gasteiger partial charge < -0.3 is 0 Å². The van der Waals surface area contributed by atoms with Crippen LogP contribution in [0, 0.1) is 16.7 Å². The Morgan fingerprint density at radius 2 is 2.27 bits per heavy atom. The molecule has 1 aromatic rings. The van der Waals surface area contributed by atoms with Gasteiger partial charge in [0.25, 0.3) is 5.69 Å². The zero-order chi connectivity index (χ0) is 8.27. The number of non-ortho nitro benzene ring substituents is 1. The molecule has 0 heterocycles. The molecule has 0 spiro atoms. The summed E-state index contributed by atoms with van der Waals surface area (Å²) in [5, 5.41) is 10.2. The lowest BCUT2D eigenvalue weighted by Gasteiger charge is -1.89. The lowest BCUT2D eigenvalue weighted by molar-refractivity contribution is -0.384. The number of hydrogen-bond donors (Lipinski definition) is 0. The van der Waals surface area contributed by atoms with Crippen LogP contribution >= 0.6 is 0 Å². The molecule has 0 bridgehead atoms. The number of rotatable bonds is 1. The Hall–Kier alpha value is -1.89. The molecule has 1 aromatic carbocycles. The first kappa shape index (κ1) is 7.22. The third kappa shape index (κ3) is 1.52. The van der Waals surface area contributed by atoms with E-state index in [1.807, 2.05) is 0 Å². The molecule has 0 amide bonds. The Balaban J connectivity index is 3.13. The van der Waals surface area contributed by atoms with Crippen LogP contribution in [-0.4, -0.2) is 4.92 Å². The molecule has 0 aliphatic rings. The largest absolute Gasteiger partial charge is 0.259 e. The van der Waals surface area contributed by atoms with E-state index in [4.69, 9.17) is 6.57 Å². The second-order valence-corrected chi connectivity index (χ2v) is 1.89. The summed E-state index contributed by atoms with van der Waals surface area (Å²) in [5.74, 6) is 0. The van der Waals surface area contributed by atoms with E-state index >= 15 is 0 Å². The summed E-state index contributed by atoms with van der Waals surface area (Å²) >= 11 is 0. The average Bonchev–Trinajstić information content (AvgIpc) is 2.05. The Bertz CT molecular complexity index is 327. The van der Waals surface area contributed by atoms with Gasteiger partial charge in [0.1, 0.15) is 0 Å². The maximum Gasteiger partial charge on any atom is 0.259 e. The molecule has 0 saturated heterocycles. The van der Waals surface area contributed by atoms with Crippen LogP contribution in [0.25, 0.3) is 4.85 Å². The molecule has 4 heteroatoms. The van der Waals surface area contributed by atoms with E-state index < -0.39 is 4.92 Å². The fourth-order valence-corrected chi connectivity index (χ4v) is 0.676. The predicted octanol–water partition coefficient (Wildman–Crippen LogP) is 2.15. The van der Waals surface area contributed by atoms with Crippen LogP contribution in [0.1, 0.15) is 0 Å². The zero-order valence-electron chi connectivity index (χ0n) is 5.52. The van der Waals surface area contributed by atoms with Gasteiger partial charge in [-0.3, -0.25) is 10.1 Å². The highest BCUT2D eigenvalue weighted by molar-refractivity contribution is 5.51. The molecule has 0 atom stereocenters. The minimum atomic E-state index is -0.519. The monoisotopic (exact) mass is 148 g/mol. The fraction of sp³-hybridized carbons (Fsp3) is 0. The lowest BCUT2D eigenvalue weighted by atomic mass is 10.3. The van der Waals surface area contributed by atoms with Crippen molar-refractivity contribution in [3.63, 3.8) is 0 Å². The Morgan fingerprint density at radius 1 is 1.55 bits per heavy atom. The highest BCUT2D eigenvalue weighted by atomic mass is 16.6. The van der Waals surface area contributed by atoms with Crippen LogP contribution in [0.5, 0.6) is 0 Å². The van der Waals surface area contributed by atoms with Gasteiger partial charge in [-0.1, -0.05) is 12.1 Å². The zero-order valence-corrected chi connectivity index (χ0v) is 5.52. The molecular weight excluding hydrogens is 144 g/mol. The van der Waals surface area contributed by atoms with Gasteiger partial charge in [-0.15, -0.1) is 0 Å². The molecule has 54 valence electrons. The van der Waals surface area contributed by atoms with Crippen molar-refractivity contribution < 1.29 is 4.92 Å². The van der Waals surface area contributed by atoms with Gasteiger partial charge >= 0.3 is 0 Å². The van der Waals surface area contributed by atoms with Gasteiger partial charge in [0, 0.05) is 12.1 Å². The highest BCUT2D eigenvalue weighted by Gasteiger charge is 2.03. The van der Waals surface area contributed by atoms with Gasteiger partial charge in [0.15, 0.2) is 5.69 Å². The van der Waals surface area contributed by atoms with Crippen molar-refractivity contribution in [2.24, 2.45) is 0 Å². The molecule has 0 aromatic heterocycles. The maximum atomic E-state index is 10.2.